The summed E-state index contributed by atoms with van der Waals surface area (Å²) in [6.07, 6.45) is 2.32. The average Bonchev–Trinajstić information content (AvgIpc) is 2.44. The van der Waals surface area contributed by atoms with Crippen LogP contribution in [0.3, 0.4) is 0 Å². The zero-order valence-corrected chi connectivity index (χ0v) is 9.28. The first-order valence-electron chi connectivity index (χ1n) is 4.31. The van der Waals surface area contributed by atoms with Crippen LogP contribution in [0, 0.1) is 0 Å². The molecule has 2 aromatic heterocycles. The number of hydrogen-bond donors (Lipinski definition) is 1. The summed E-state index contributed by atoms with van der Waals surface area (Å²) in [5.41, 5.74) is 6.96. The van der Waals surface area contributed by atoms with Crippen LogP contribution in [0.2, 0.25) is 0 Å². The maximum absolute atomic E-state index is 5.65. The number of hydrogen-bond acceptors (Lipinski definition) is 4. The molecule has 2 heterocycles. The van der Waals surface area contributed by atoms with Crippen LogP contribution in [0.4, 0.5) is 0 Å². The summed E-state index contributed by atoms with van der Waals surface area (Å²) < 4.78 is 6.30. The van der Waals surface area contributed by atoms with Gasteiger partial charge in [-0.05, 0) is 28.9 Å². The molecule has 74 valence electrons. The molecule has 0 aliphatic rings. The minimum absolute atomic E-state index is 0.0477. The Morgan fingerprint density at radius 2 is 2.43 bits per heavy atom. The Morgan fingerprint density at radius 3 is 3.14 bits per heavy atom. The van der Waals surface area contributed by atoms with E-state index in [2.05, 4.69) is 25.9 Å². The Balaban J connectivity index is 2.41. The normalized spacial score (nSPS) is 13.4. The van der Waals surface area contributed by atoms with Gasteiger partial charge in [-0.1, -0.05) is 0 Å². The number of nitrogens with two attached hydrogens (primary N) is 1. The van der Waals surface area contributed by atoms with E-state index < -0.39 is 0 Å². The van der Waals surface area contributed by atoms with Crippen LogP contribution in [0.1, 0.15) is 12.8 Å². The highest BCUT2D eigenvalue weighted by Crippen LogP contribution is 2.18. The molecule has 14 heavy (non-hydrogen) atoms. The molecule has 0 saturated heterocycles. The lowest BCUT2D eigenvalue weighted by Gasteiger charge is -1.97. The lowest BCUT2D eigenvalue weighted by molar-refractivity contribution is 0.500. The van der Waals surface area contributed by atoms with Crippen LogP contribution >= 0.6 is 15.9 Å². The standard InChI is InChI=1S/C9H10BrN3O/c1-5(11)2-8-13-7-3-6(10)4-12-9(7)14-8/h3-5H,2,11H2,1H3. The number of rotatable bonds is 2. The van der Waals surface area contributed by atoms with E-state index in [0.717, 1.165) is 9.99 Å². The molecular formula is C9H10BrN3O. The molecule has 0 saturated carbocycles. The van der Waals surface area contributed by atoms with Gasteiger partial charge >= 0.3 is 0 Å². The van der Waals surface area contributed by atoms with Gasteiger partial charge in [0.2, 0.25) is 5.71 Å². The summed E-state index contributed by atoms with van der Waals surface area (Å²) in [5.74, 6) is 0.639. The van der Waals surface area contributed by atoms with Crippen molar-refractivity contribution in [3.8, 4) is 0 Å². The fraction of sp³-hybridized carbons (Fsp3) is 0.333. The summed E-state index contributed by atoms with van der Waals surface area (Å²) in [6.45, 7) is 1.91. The van der Waals surface area contributed by atoms with Gasteiger partial charge in [-0.3, -0.25) is 0 Å². The molecule has 1 atom stereocenters. The first-order chi connectivity index (χ1) is 6.65. The van der Waals surface area contributed by atoms with Crippen molar-refractivity contribution in [2.45, 2.75) is 19.4 Å². The second-order valence-electron chi connectivity index (χ2n) is 3.27. The summed E-state index contributed by atoms with van der Waals surface area (Å²) in [5, 5.41) is 0. The van der Waals surface area contributed by atoms with E-state index in [4.69, 9.17) is 10.2 Å². The highest BCUT2D eigenvalue weighted by Gasteiger charge is 2.08. The van der Waals surface area contributed by atoms with Crippen molar-refractivity contribution in [3.05, 3.63) is 22.6 Å². The molecule has 5 heteroatoms. The average molecular weight is 256 g/mol. The fourth-order valence-electron chi connectivity index (χ4n) is 1.21. The first kappa shape index (κ1) is 9.61. The molecule has 1 unspecified atom stereocenters. The SMILES string of the molecule is CC(N)Cc1nc2cc(Br)cnc2o1. The van der Waals surface area contributed by atoms with E-state index in [0.29, 0.717) is 18.0 Å². The van der Waals surface area contributed by atoms with E-state index >= 15 is 0 Å². The molecule has 0 bridgehead atoms. The molecule has 0 spiro atoms. The van der Waals surface area contributed by atoms with Crippen LogP contribution in [-0.4, -0.2) is 16.0 Å². The van der Waals surface area contributed by atoms with Crippen LogP contribution in [-0.2, 0) is 6.42 Å². The largest absolute Gasteiger partial charge is 0.422 e. The number of nitrogens with zero attached hydrogens (tertiary/aromatic N) is 2. The molecule has 0 radical (unpaired) electrons. The van der Waals surface area contributed by atoms with Gasteiger partial charge in [0.05, 0.1) is 0 Å². The quantitative estimate of drug-likeness (QED) is 0.890. The zero-order chi connectivity index (χ0) is 10.1. The van der Waals surface area contributed by atoms with Gasteiger partial charge in [-0.2, -0.15) is 0 Å². The van der Waals surface area contributed by atoms with E-state index in [1.807, 2.05) is 13.0 Å². The molecular weight excluding hydrogens is 246 g/mol. The molecule has 2 N–H and O–H groups in total. The molecule has 0 amide bonds. The Morgan fingerprint density at radius 1 is 1.64 bits per heavy atom. The van der Waals surface area contributed by atoms with Crippen LogP contribution in [0.25, 0.3) is 11.2 Å². The van der Waals surface area contributed by atoms with E-state index in [1.54, 1.807) is 6.20 Å². The second-order valence-corrected chi connectivity index (χ2v) is 4.18. The van der Waals surface area contributed by atoms with Gasteiger partial charge in [0.1, 0.15) is 5.52 Å². The Kier molecular flexibility index (Phi) is 2.52. The van der Waals surface area contributed by atoms with Crippen molar-refractivity contribution in [2.24, 2.45) is 5.73 Å². The summed E-state index contributed by atoms with van der Waals surface area (Å²) in [6, 6.07) is 1.92. The summed E-state index contributed by atoms with van der Waals surface area (Å²) in [4.78, 5) is 8.37. The Bertz CT molecular complexity index is 452. The maximum Gasteiger partial charge on any atom is 0.246 e. The summed E-state index contributed by atoms with van der Waals surface area (Å²) >= 11 is 3.32. The minimum Gasteiger partial charge on any atom is -0.422 e. The predicted octanol–water partition coefficient (Wildman–Crippen LogP) is 1.88. The van der Waals surface area contributed by atoms with Crippen molar-refractivity contribution in [1.29, 1.82) is 0 Å². The zero-order valence-electron chi connectivity index (χ0n) is 7.70. The summed E-state index contributed by atoms with van der Waals surface area (Å²) in [7, 11) is 0. The molecule has 0 fully saturated rings. The monoisotopic (exact) mass is 255 g/mol. The number of halogens is 1. The van der Waals surface area contributed by atoms with Crippen molar-refractivity contribution in [1.82, 2.24) is 9.97 Å². The van der Waals surface area contributed by atoms with Gasteiger partial charge in [0.25, 0.3) is 0 Å². The molecule has 2 aromatic rings. The topological polar surface area (TPSA) is 64.9 Å². The highest BCUT2D eigenvalue weighted by atomic mass is 79.9. The van der Waals surface area contributed by atoms with Gasteiger partial charge < -0.3 is 10.2 Å². The Hall–Kier alpha value is -0.940. The molecule has 2 rings (SSSR count). The third-order valence-corrected chi connectivity index (χ3v) is 2.19. The second kappa shape index (κ2) is 3.67. The van der Waals surface area contributed by atoms with E-state index in [1.165, 1.54) is 0 Å². The highest BCUT2D eigenvalue weighted by molar-refractivity contribution is 9.10. The van der Waals surface area contributed by atoms with Crippen molar-refractivity contribution in [3.63, 3.8) is 0 Å². The van der Waals surface area contributed by atoms with Crippen LogP contribution < -0.4 is 5.73 Å². The molecule has 0 aliphatic heterocycles. The smallest absolute Gasteiger partial charge is 0.246 e. The number of fused-ring (bicyclic) bond motifs is 1. The minimum atomic E-state index is 0.0477. The first-order valence-corrected chi connectivity index (χ1v) is 5.11. The lowest BCUT2D eigenvalue weighted by Crippen LogP contribution is -2.17. The van der Waals surface area contributed by atoms with Crippen molar-refractivity contribution >= 4 is 27.2 Å². The van der Waals surface area contributed by atoms with Gasteiger partial charge in [-0.15, -0.1) is 0 Å². The molecule has 4 nitrogen and oxygen atoms in total. The van der Waals surface area contributed by atoms with Gasteiger partial charge in [-0.25, -0.2) is 9.97 Å². The molecule has 0 aliphatic carbocycles. The third kappa shape index (κ3) is 1.93. The predicted molar refractivity (Wildman–Crippen MR) is 56.9 cm³/mol. The van der Waals surface area contributed by atoms with Gasteiger partial charge in [0.15, 0.2) is 5.89 Å². The van der Waals surface area contributed by atoms with E-state index in [-0.39, 0.29) is 6.04 Å². The fourth-order valence-corrected chi connectivity index (χ4v) is 1.53. The van der Waals surface area contributed by atoms with Crippen molar-refractivity contribution in [2.75, 3.05) is 0 Å². The van der Waals surface area contributed by atoms with Gasteiger partial charge in [0, 0.05) is 23.1 Å². The van der Waals surface area contributed by atoms with Crippen LogP contribution in [0.15, 0.2) is 21.2 Å². The maximum atomic E-state index is 5.65. The van der Waals surface area contributed by atoms with Crippen molar-refractivity contribution < 1.29 is 4.42 Å². The number of oxazole rings is 1. The lowest BCUT2D eigenvalue weighted by atomic mass is 10.2. The Labute approximate surface area is 89.6 Å². The number of pyridine rings is 1. The number of aromatic nitrogens is 2. The third-order valence-electron chi connectivity index (χ3n) is 1.76. The molecule has 0 aromatic carbocycles. The van der Waals surface area contributed by atoms with E-state index in [9.17, 15) is 0 Å². The van der Waals surface area contributed by atoms with Crippen LogP contribution in [0.5, 0.6) is 0 Å².